The first-order valence-electron chi connectivity index (χ1n) is 9.94. The van der Waals surface area contributed by atoms with Crippen molar-refractivity contribution >= 4 is 0 Å². The lowest BCUT2D eigenvalue weighted by Gasteiger charge is -2.49. The lowest BCUT2D eigenvalue weighted by atomic mass is 9.89. The fourth-order valence-electron chi connectivity index (χ4n) is 4.12. The number of aliphatic hydroxyl groups excluding tert-OH is 1. The average Bonchev–Trinajstić information content (AvgIpc) is 2.67. The van der Waals surface area contributed by atoms with Crippen molar-refractivity contribution in [3.8, 4) is 5.75 Å². The molecule has 1 spiro atoms. The number of methoxy groups -OCH3 is 2. The highest BCUT2D eigenvalue weighted by Gasteiger charge is 2.48. The van der Waals surface area contributed by atoms with Crippen molar-refractivity contribution in [2.24, 2.45) is 0 Å². The normalized spacial score (nSPS) is 33.0. The highest BCUT2D eigenvalue weighted by molar-refractivity contribution is 5.26. The molecule has 2 heterocycles. The van der Waals surface area contributed by atoms with Crippen LogP contribution in [-0.2, 0) is 25.6 Å². The first kappa shape index (κ1) is 21.3. The molecular weight excluding hydrogens is 360 g/mol. The lowest BCUT2D eigenvalue weighted by molar-refractivity contribution is -0.343. The van der Waals surface area contributed by atoms with Crippen molar-refractivity contribution in [2.45, 2.75) is 68.9 Å². The molecule has 5 atom stereocenters. The van der Waals surface area contributed by atoms with E-state index in [2.05, 4.69) is 6.58 Å². The summed E-state index contributed by atoms with van der Waals surface area (Å²) in [4.78, 5) is 0. The summed E-state index contributed by atoms with van der Waals surface area (Å²) in [5.74, 6) is -0.000975. The summed E-state index contributed by atoms with van der Waals surface area (Å²) in [6.07, 6.45) is 4.33. The van der Waals surface area contributed by atoms with E-state index in [1.54, 1.807) is 14.2 Å². The average molecular weight is 392 g/mol. The van der Waals surface area contributed by atoms with Gasteiger partial charge in [0.05, 0.1) is 44.7 Å². The molecule has 0 aliphatic carbocycles. The van der Waals surface area contributed by atoms with Gasteiger partial charge in [-0.2, -0.15) is 0 Å². The van der Waals surface area contributed by atoms with Gasteiger partial charge in [-0.05, 0) is 24.1 Å². The van der Waals surface area contributed by atoms with Gasteiger partial charge < -0.3 is 28.8 Å². The minimum Gasteiger partial charge on any atom is -0.497 e. The molecule has 1 N–H and O–H groups in total. The Morgan fingerprint density at radius 1 is 1.14 bits per heavy atom. The number of hydrogen-bond donors (Lipinski definition) is 1. The summed E-state index contributed by atoms with van der Waals surface area (Å²) in [5, 5.41) is 10.5. The fourth-order valence-corrected chi connectivity index (χ4v) is 4.12. The molecule has 3 rings (SSSR count). The molecular formula is C22H32O6. The topological polar surface area (TPSA) is 66.4 Å². The highest BCUT2D eigenvalue weighted by atomic mass is 16.7. The standard InChI is InChI=1S/C22H32O6/c1-4-5-19-11-20(25-3)13-22(27-19)12-17(23)10-21(28-22)15-26-14-16-6-8-18(24-2)9-7-16/h4,6-9,17,19-21,23H,1,5,10-15H2,2-3H3/t17-,19+,20-,21+,22+/m0/s1. The summed E-state index contributed by atoms with van der Waals surface area (Å²) in [7, 11) is 3.36. The van der Waals surface area contributed by atoms with Crippen molar-refractivity contribution in [2.75, 3.05) is 20.8 Å². The predicted octanol–water partition coefficient (Wildman–Crippen LogP) is 3.22. The van der Waals surface area contributed by atoms with Gasteiger partial charge in [-0.15, -0.1) is 6.58 Å². The molecule has 2 saturated heterocycles. The van der Waals surface area contributed by atoms with Crippen LogP contribution in [0.3, 0.4) is 0 Å². The Morgan fingerprint density at radius 2 is 1.89 bits per heavy atom. The maximum absolute atomic E-state index is 10.5. The molecule has 0 aromatic heterocycles. The van der Waals surface area contributed by atoms with Gasteiger partial charge in [0.15, 0.2) is 5.79 Å². The van der Waals surface area contributed by atoms with E-state index in [0.717, 1.165) is 24.2 Å². The maximum atomic E-state index is 10.5. The van der Waals surface area contributed by atoms with Crippen molar-refractivity contribution < 1.29 is 28.8 Å². The molecule has 1 aromatic rings. The van der Waals surface area contributed by atoms with Gasteiger partial charge in [-0.3, -0.25) is 0 Å². The second kappa shape index (κ2) is 9.85. The molecule has 156 valence electrons. The Kier molecular flexibility index (Phi) is 7.48. The largest absolute Gasteiger partial charge is 0.497 e. The zero-order valence-electron chi connectivity index (χ0n) is 16.8. The minimum absolute atomic E-state index is 0.0117. The smallest absolute Gasteiger partial charge is 0.174 e. The molecule has 1 aromatic carbocycles. The van der Waals surface area contributed by atoms with Crippen LogP contribution in [0, 0.1) is 0 Å². The van der Waals surface area contributed by atoms with E-state index >= 15 is 0 Å². The van der Waals surface area contributed by atoms with Crippen LogP contribution in [0.25, 0.3) is 0 Å². The van der Waals surface area contributed by atoms with Gasteiger partial charge in [-0.25, -0.2) is 0 Å². The van der Waals surface area contributed by atoms with Gasteiger partial charge in [0.1, 0.15) is 5.75 Å². The Labute approximate surface area is 167 Å². The summed E-state index contributed by atoms with van der Waals surface area (Å²) in [6, 6.07) is 7.78. The van der Waals surface area contributed by atoms with E-state index in [1.165, 1.54) is 0 Å². The molecule has 0 unspecified atom stereocenters. The minimum atomic E-state index is -0.821. The van der Waals surface area contributed by atoms with Gasteiger partial charge in [0.25, 0.3) is 0 Å². The van der Waals surface area contributed by atoms with Crippen LogP contribution in [0.5, 0.6) is 5.75 Å². The Morgan fingerprint density at radius 3 is 2.57 bits per heavy atom. The molecule has 2 aliphatic rings. The van der Waals surface area contributed by atoms with Crippen LogP contribution in [0.1, 0.15) is 37.7 Å². The molecule has 0 saturated carbocycles. The van der Waals surface area contributed by atoms with Crippen molar-refractivity contribution in [3.05, 3.63) is 42.5 Å². The van der Waals surface area contributed by atoms with Crippen LogP contribution < -0.4 is 4.74 Å². The third-order valence-electron chi connectivity index (χ3n) is 5.40. The number of hydrogen-bond acceptors (Lipinski definition) is 6. The Hall–Kier alpha value is -1.44. The molecule has 0 bridgehead atoms. The summed E-state index contributed by atoms with van der Waals surface area (Å²) in [6.45, 7) is 4.69. The van der Waals surface area contributed by atoms with Crippen molar-refractivity contribution in [1.82, 2.24) is 0 Å². The van der Waals surface area contributed by atoms with E-state index in [9.17, 15) is 5.11 Å². The first-order valence-corrected chi connectivity index (χ1v) is 9.94. The van der Waals surface area contributed by atoms with Crippen LogP contribution in [0.15, 0.2) is 36.9 Å². The van der Waals surface area contributed by atoms with Gasteiger partial charge in [0, 0.05) is 32.8 Å². The van der Waals surface area contributed by atoms with E-state index in [0.29, 0.717) is 32.5 Å². The van der Waals surface area contributed by atoms with Gasteiger partial charge in [-0.1, -0.05) is 18.2 Å². The van der Waals surface area contributed by atoms with Crippen LogP contribution in [-0.4, -0.2) is 56.1 Å². The molecule has 28 heavy (non-hydrogen) atoms. The van der Waals surface area contributed by atoms with E-state index in [-0.39, 0.29) is 18.3 Å². The summed E-state index contributed by atoms with van der Waals surface area (Å²) < 4.78 is 29.2. The second-order valence-corrected chi connectivity index (χ2v) is 7.67. The molecule has 0 amide bonds. The van der Waals surface area contributed by atoms with E-state index in [4.69, 9.17) is 23.7 Å². The van der Waals surface area contributed by atoms with Crippen molar-refractivity contribution in [3.63, 3.8) is 0 Å². The lowest BCUT2D eigenvalue weighted by Crippen LogP contribution is -2.55. The quantitative estimate of drug-likeness (QED) is 0.686. The molecule has 2 fully saturated rings. The molecule has 2 aliphatic heterocycles. The second-order valence-electron chi connectivity index (χ2n) is 7.67. The van der Waals surface area contributed by atoms with Crippen molar-refractivity contribution in [1.29, 1.82) is 0 Å². The van der Waals surface area contributed by atoms with Gasteiger partial charge in [0.2, 0.25) is 0 Å². The van der Waals surface area contributed by atoms with Gasteiger partial charge >= 0.3 is 0 Å². The predicted molar refractivity (Wildman–Crippen MR) is 105 cm³/mol. The fraction of sp³-hybridized carbons (Fsp3) is 0.636. The van der Waals surface area contributed by atoms with Crippen LogP contribution in [0.2, 0.25) is 0 Å². The third-order valence-corrected chi connectivity index (χ3v) is 5.40. The molecule has 0 radical (unpaired) electrons. The zero-order chi connectivity index (χ0) is 20.0. The molecule has 6 nitrogen and oxygen atoms in total. The summed E-state index contributed by atoms with van der Waals surface area (Å²) in [5.41, 5.74) is 1.06. The first-order chi connectivity index (χ1) is 13.6. The number of aliphatic hydroxyl groups is 1. The number of rotatable bonds is 8. The van der Waals surface area contributed by atoms with Crippen LogP contribution >= 0.6 is 0 Å². The highest BCUT2D eigenvalue weighted by Crippen LogP contribution is 2.41. The SMILES string of the molecule is C=CC[C@@H]1C[C@H](OC)C[C@]2(C[C@@H](O)C[C@H](COCc3ccc(OC)cc3)O2)O1. The molecule has 6 heteroatoms. The third kappa shape index (κ3) is 5.55. The van der Waals surface area contributed by atoms with E-state index < -0.39 is 11.9 Å². The Bertz CT molecular complexity index is 618. The summed E-state index contributed by atoms with van der Waals surface area (Å²) >= 11 is 0. The maximum Gasteiger partial charge on any atom is 0.174 e. The Balaban J connectivity index is 1.57. The monoisotopic (exact) mass is 392 g/mol. The van der Waals surface area contributed by atoms with Crippen LogP contribution in [0.4, 0.5) is 0 Å². The zero-order valence-corrected chi connectivity index (χ0v) is 16.8. The number of benzene rings is 1. The number of ether oxygens (including phenoxy) is 5. The van der Waals surface area contributed by atoms with E-state index in [1.807, 2.05) is 30.3 Å².